The zero-order valence-electron chi connectivity index (χ0n) is 23.5. The number of nitrogens with zero attached hydrogens (tertiary/aromatic N) is 6. The van der Waals surface area contributed by atoms with Gasteiger partial charge in [-0.1, -0.05) is 109 Å². The summed E-state index contributed by atoms with van der Waals surface area (Å²) in [7, 11) is 0. The van der Waals surface area contributed by atoms with Crippen LogP contribution in [0.1, 0.15) is 0 Å². The zero-order chi connectivity index (χ0) is 29.0. The Morgan fingerprint density at radius 1 is 0.409 bits per heavy atom. The molecule has 6 heteroatoms. The maximum Gasteiger partial charge on any atom is 0.240 e. The van der Waals surface area contributed by atoms with Gasteiger partial charge in [0.25, 0.3) is 0 Å². The first-order valence-electron chi connectivity index (χ1n) is 14.6. The average Bonchev–Trinajstić information content (AvgIpc) is 3.62. The van der Waals surface area contributed by atoms with Gasteiger partial charge in [0, 0.05) is 38.9 Å². The van der Waals surface area contributed by atoms with Gasteiger partial charge in [-0.3, -0.25) is 4.57 Å². The highest BCUT2D eigenvalue weighted by atomic mass is 15.2. The van der Waals surface area contributed by atoms with Crippen molar-refractivity contribution in [3.63, 3.8) is 0 Å². The average molecular weight is 565 g/mol. The number of benzene rings is 5. The maximum atomic E-state index is 5.11. The molecule has 0 saturated carbocycles. The van der Waals surface area contributed by atoms with Gasteiger partial charge in [-0.25, -0.2) is 9.97 Å². The van der Waals surface area contributed by atoms with E-state index in [0.717, 1.165) is 49.8 Å². The largest absolute Gasteiger partial charge is 0.307 e. The Balaban J connectivity index is 1.43. The molecule has 0 fully saturated rings. The SMILES string of the molecule is c1ccc(-c2nc(-c3ccccc3)nc(-n3c4ncccc4c4cccc(-n5c6ccccc6c6ccccc65)c43)n2)cc1. The molecule has 206 valence electrons. The molecule has 0 saturated heterocycles. The standard InChI is InChI=1S/C38H24N6/c1-3-13-25(14-4-1)35-40-36(26-15-5-2-6-16-26)42-38(41-35)44-34-29(30-20-12-24-39-37(30)44)19-11-23-33(34)43-31-21-9-7-17-27(31)28-18-8-10-22-32(28)43/h1-24H. The lowest BCUT2D eigenvalue weighted by Crippen LogP contribution is -2.08. The Bertz CT molecular complexity index is 2380. The number of pyridine rings is 1. The van der Waals surface area contributed by atoms with E-state index >= 15 is 0 Å². The molecule has 0 unspecified atom stereocenters. The molecule has 0 aliphatic rings. The van der Waals surface area contributed by atoms with Crippen LogP contribution < -0.4 is 0 Å². The van der Waals surface area contributed by atoms with E-state index in [1.54, 1.807) is 0 Å². The quantitative estimate of drug-likeness (QED) is 0.214. The number of hydrogen-bond acceptors (Lipinski definition) is 4. The minimum Gasteiger partial charge on any atom is -0.307 e. The first-order chi connectivity index (χ1) is 21.8. The lowest BCUT2D eigenvalue weighted by Gasteiger charge is -2.14. The monoisotopic (exact) mass is 564 g/mol. The Hall–Kier alpha value is -6.14. The summed E-state index contributed by atoms with van der Waals surface area (Å²) in [6.07, 6.45) is 1.83. The first kappa shape index (κ1) is 24.5. The fourth-order valence-corrected chi connectivity index (χ4v) is 6.33. The number of para-hydroxylation sites is 3. The molecular weight excluding hydrogens is 540 g/mol. The summed E-state index contributed by atoms with van der Waals surface area (Å²) < 4.78 is 4.45. The number of aromatic nitrogens is 6. The maximum absolute atomic E-state index is 5.11. The lowest BCUT2D eigenvalue weighted by molar-refractivity contribution is 0.940. The van der Waals surface area contributed by atoms with Gasteiger partial charge in [-0.05, 0) is 30.3 Å². The molecule has 4 aromatic heterocycles. The van der Waals surface area contributed by atoms with Crippen LogP contribution in [0.2, 0.25) is 0 Å². The van der Waals surface area contributed by atoms with Gasteiger partial charge >= 0.3 is 0 Å². The lowest BCUT2D eigenvalue weighted by atomic mass is 10.1. The zero-order valence-corrected chi connectivity index (χ0v) is 23.5. The fourth-order valence-electron chi connectivity index (χ4n) is 6.33. The summed E-state index contributed by atoms with van der Waals surface area (Å²) >= 11 is 0. The van der Waals surface area contributed by atoms with E-state index in [-0.39, 0.29) is 0 Å². The highest BCUT2D eigenvalue weighted by Gasteiger charge is 2.22. The van der Waals surface area contributed by atoms with E-state index in [0.29, 0.717) is 17.6 Å². The summed E-state index contributed by atoms with van der Waals surface area (Å²) in [5, 5.41) is 4.53. The molecule has 0 aliphatic heterocycles. The van der Waals surface area contributed by atoms with Crippen LogP contribution in [0.25, 0.3) is 78.2 Å². The molecule has 0 atom stereocenters. The van der Waals surface area contributed by atoms with E-state index in [4.69, 9.17) is 19.9 Å². The molecule has 44 heavy (non-hydrogen) atoms. The van der Waals surface area contributed by atoms with Crippen LogP contribution in [0.3, 0.4) is 0 Å². The van der Waals surface area contributed by atoms with E-state index in [2.05, 4.69) is 81.9 Å². The van der Waals surface area contributed by atoms with Gasteiger partial charge in [0.1, 0.15) is 5.65 Å². The molecule has 6 nitrogen and oxygen atoms in total. The van der Waals surface area contributed by atoms with Crippen LogP contribution in [0.15, 0.2) is 146 Å². The van der Waals surface area contributed by atoms with Crippen LogP contribution in [-0.4, -0.2) is 29.1 Å². The third kappa shape index (κ3) is 3.68. The molecule has 0 amide bonds. The number of rotatable bonds is 4. The molecule has 0 radical (unpaired) electrons. The van der Waals surface area contributed by atoms with Crippen LogP contribution in [0, 0.1) is 0 Å². The second kappa shape index (κ2) is 9.71. The Morgan fingerprint density at radius 2 is 0.955 bits per heavy atom. The molecule has 0 spiro atoms. The van der Waals surface area contributed by atoms with Crippen molar-refractivity contribution in [1.29, 1.82) is 0 Å². The van der Waals surface area contributed by atoms with Crippen molar-refractivity contribution in [3.05, 3.63) is 146 Å². The van der Waals surface area contributed by atoms with Gasteiger partial charge < -0.3 is 4.57 Å². The fraction of sp³-hybridized carbons (Fsp3) is 0. The molecule has 0 bridgehead atoms. The molecule has 9 rings (SSSR count). The van der Waals surface area contributed by atoms with E-state index in [1.165, 1.54) is 10.8 Å². The van der Waals surface area contributed by atoms with Crippen molar-refractivity contribution >= 4 is 43.7 Å². The van der Waals surface area contributed by atoms with Crippen molar-refractivity contribution in [2.45, 2.75) is 0 Å². The predicted octanol–water partition coefficient (Wildman–Crippen LogP) is 8.79. The molecule has 5 aromatic carbocycles. The Kier molecular flexibility index (Phi) is 5.40. The Morgan fingerprint density at radius 3 is 1.59 bits per heavy atom. The van der Waals surface area contributed by atoms with Crippen molar-refractivity contribution in [2.24, 2.45) is 0 Å². The Labute approximate surface area is 252 Å². The third-order valence-electron chi connectivity index (χ3n) is 8.24. The highest BCUT2D eigenvalue weighted by molar-refractivity contribution is 6.14. The van der Waals surface area contributed by atoms with Crippen molar-refractivity contribution in [3.8, 4) is 34.4 Å². The van der Waals surface area contributed by atoms with Crippen molar-refractivity contribution in [2.75, 3.05) is 0 Å². The summed E-state index contributed by atoms with van der Waals surface area (Å²) in [6.45, 7) is 0. The third-order valence-corrected chi connectivity index (χ3v) is 8.24. The van der Waals surface area contributed by atoms with E-state index in [1.807, 2.05) is 72.9 Å². The second-order valence-corrected chi connectivity index (χ2v) is 10.8. The first-order valence-corrected chi connectivity index (χ1v) is 14.6. The van der Waals surface area contributed by atoms with Gasteiger partial charge in [0.15, 0.2) is 11.6 Å². The van der Waals surface area contributed by atoms with E-state index < -0.39 is 0 Å². The van der Waals surface area contributed by atoms with Gasteiger partial charge in [0.2, 0.25) is 5.95 Å². The number of fused-ring (bicyclic) bond motifs is 6. The topological polar surface area (TPSA) is 61.4 Å². The summed E-state index contributed by atoms with van der Waals surface area (Å²) in [5.41, 5.74) is 6.92. The molecule has 4 heterocycles. The highest BCUT2D eigenvalue weighted by Crippen LogP contribution is 2.38. The van der Waals surface area contributed by atoms with Crippen molar-refractivity contribution < 1.29 is 0 Å². The minimum absolute atomic E-state index is 0.518. The van der Waals surface area contributed by atoms with Gasteiger partial charge in [-0.2, -0.15) is 9.97 Å². The normalized spacial score (nSPS) is 11.6. The summed E-state index contributed by atoms with van der Waals surface area (Å²) in [4.78, 5) is 20.1. The molecule has 0 aliphatic carbocycles. The van der Waals surface area contributed by atoms with E-state index in [9.17, 15) is 0 Å². The van der Waals surface area contributed by atoms with Gasteiger partial charge in [-0.15, -0.1) is 0 Å². The smallest absolute Gasteiger partial charge is 0.240 e. The van der Waals surface area contributed by atoms with Crippen molar-refractivity contribution in [1.82, 2.24) is 29.1 Å². The van der Waals surface area contributed by atoms with Crippen LogP contribution in [-0.2, 0) is 0 Å². The predicted molar refractivity (Wildman–Crippen MR) is 177 cm³/mol. The molecule has 9 aromatic rings. The van der Waals surface area contributed by atoms with Crippen LogP contribution >= 0.6 is 0 Å². The molecule has 0 N–H and O–H groups in total. The van der Waals surface area contributed by atoms with Gasteiger partial charge in [0.05, 0.1) is 22.2 Å². The second-order valence-electron chi connectivity index (χ2n) is 10.8. The summed E-state index contributed by atoms with van der Waals surface area (Å²) in [6, 6.07) is 47.8. The molecular formula is C38H24N6. The minimum atomic E-state index is 0.518. The van der Waals surface area contributed by atoms with Crippen LogP contribution in [0.5, 0.6) is 0 Å². The van der Waals surface area contributed by atoms with Crippen LogP contribution in [0.4, 0.5) is 0 Å². The number of hydrogen-bond donors (Lipinski definition) is 0. The summed E-state index contributed by atoms with van der Waals surface area (Å²) in [5.74, 6) is 1.73.